The molecule has 94 valence electrons. The molecular weight excluding hydrogens is 252 g/mol. The molecule has 0 saturated heterocycles. The molecule has 0 unspecified atom stereocenters. The monoisotopic (exact) mass is 266 g/mol. The number of fused-ring (bicyclic) bond motifs is 1. The van der Waals surface area contributed by atoms with Gasteiger partial charge in [-0.1, -0.05) is 36.4 Å². The predicted molar refractivity (Wildman–Crippen MR) is 80.7 cm³/mol. The van der Waals surface area contributed by atoms with Gasteiger partial charge in [-0.25, -0.2) is 0 Å². The first-order chi connectivity index (χ1) is 9.28. The van der Waals surface area contributed by atoms with E-state index in [1.54, 1.807) is 11.8 Å². The zero-order valence-corrected chi connectivity index (χ0v) is 11.5. The molecule has 0 atom stereocenters. The highest BCUT2D eigenvalue weighted by atomic mass is 32.2. The molecule has 0 fully saturated rings. The Kier molecular flexibility index (Phi) is 3.26. The Labute approximate surface area is 117 Å². The predicted octanol–water partition coefficient (Wildman–Crippen LogP) is 4.23. The van der Waals surface area contributed by atoms with Gasteiger partial charge in [0.15, 0.2) is 5.78 Å². The van der Waals surface area contributed by atoms with E-state index in [-0.39, 0.29) is 5.78 Å². The number of carbonyl (C=O) groups is 1. The summed E-state index contributed by atoms with van der Waals surface area (Å²) in [4.78, 5) is 13.5. The summed E-state index contributed by atoms with van der Waals surface area (Å²) in [6.45, 7) is 0. The van der Waals surface area contributed by atoms with E-state index >= 15 is 0 Å². The van der Waals surface area contributed by atoms with Crippen molar-refractivity contribution < 1.29 is 4.79 Å². The van der Waals surface area contributed by atoms with Gasteiger partial charge < -0.3 is 0 Å². The van der Waals surface area contributed by atoms with Crippen LogP contribution in [0.4, 0.5) is 0 Å². The van der Waals surface area contributed by atoms with Gasteiger partial charge in [0.05, 0.1) is 0 Å². The molecule has 0 aliphatic heterocycles. The van der Waals surface area contributed by atoms with Gasteiger partial charge in [-0.05, 0) is 35.6 Å². The molecule has 0 bridgehead atoms. The minimum absolute atomic E-state index is 0.171. The Morgan fingerprint density at radius 3 is 2.47 bits per heavy atom. The van der Waals surface area contributed by atoms with E-state index in [4.69, 9.17) is 0 Å². The van der Waals surface area contributed by atoms with E-state index in [1.165, 1.54) is 4.90 Å². The van der Waals surface area contributed by atoms with Crippen LogP contribution in [0.5, 0.6) is 0 Å². The summed E-state index contributed by atoms with van der Waals surface area (Å²) >= 11 is 1.72. The third-order valence-electron chi connectivity index (χ3n) is 3.39. The number of benzene rings is 2. The van der Waals surface area contributed by atoms with E-state index in [0.717, 1.165) is 28.7 Å². The van der Waals surface area contributed by atoms with Crippen LogP contribution in [0.1, 0.15) is 21.5 Å². The molecule has 1 aliphatic rings. The molecule has 2 aromatic rings. The van der Waals surface area contributed by atoms with Crippen molar-refractivity contribution in [1.82, 2.24) is 0 Å². The second-order valence-corrected chi connectivity index (χ2v) is 5.49. The average molecular weight is 266 g/mol. The lowest BCUT2D eigenvalue weighted by Gasteiger charge is -1.99. The second kappa shape index (κ2) is 5.06. The fourth-order valence-corrected chi connectivity index (χ4v) is 2.78. The first kappa shape index (κ1) is 12.2. The van der Waals surface area contributed by atoms with Gasteiger partial charge in [-0.15, -0.1) is 11.8 Å². The smallest absolute Gasteiger partial charge is 0.189 e. The highest BCUT2D eigenvalue weighted by Gasteiger charge is 2.23. The number of thioether (sulfide) groups is 1. The topological polar surface area (TPSA) is 17.1 Å². The minimum Gasteiger partial charge on any atom is -0.289 e. The third kappa shape index (κ3) is 2.36. The molecular formula is C17H14OS. The Morgan fingerprint density at radius 1 is 1.05 bits per heavy atom. The van der Waals surface area contributed by atoms with E-state index in [0.29, 0.717) is 0 Å². The van der Waals surface area contributed by atoms with E-state index in [9.17, 15) is 4.79 Å². The molecule has 2 aromatic carbocycles. The second-order valence-electron chi connectivity index (χ2n) is 4.61. The standard InChI is InChI=1S/C17H14OS/c1-19-15-8-6-12(7-9-15)10-14-11-13-4-2-3-5-16(13)17(14)18/h2-10H,11H2,1H3/b14-10-. The zero-order valence-electron chi connectivity index (χ0n) is 10.7. The van der Waals surface area contributed by atoms with Crippen molar-refractivity contribution in [2.75, 3.05) is 6.26 Å². The Hall–Kier alpha value is -1.80. The van der Waals surface area contributed by atoms with Crippen LogP contribution in [0.3, 0.4) is 0 Å². The van der Waals surface area contributed by atoms with E-state index in [2.05, 4.69) is 30.5 Å². The van der Waals surface area contributed by atoms with Crippen molar-refractivity contribution in [3.8, 4) is 0 Å². The minimum atomic E-state index is 0.171. The maximum Gasteiger partial charge on any atom is 0.189 e. The van der Waals surface area contributed by atoms with Gasteiger partial charge in [0.25, 0.3) is 0 Å². The van der Waals surface area contributed by atoms with Crippen LogP contribution in [0, 0.1) is 0 Å². The van der Waals surface area contributed by atoms with Crippen molar-refractivity contribution in [1.29, 1.82) is 0 Å². The number of Topliss-reactive ketones (excluding diaryl/α,β-unsaturated/α-hetero) is 1. The first-order valence-corrected chi connectivity index (χ1v) is 7.47. The van der Waals surface area contributed by atoms with Crippen LogP contribution in [0.25, 0.3) is 6.08 Å². The average Bonchev–Trinajstić information content (AvgIpc) is 2.77. The quantitative estimate of drug-likeness (QED) is 0.597. The molecule has 19 heavy (non-hydrogen) atoms. The van der Waals surface area contributed by atoms with Gasteiger partial charge in [0, 0.05) is 22.5 Å². The molecule has 2 heteroatoms. The number of ketones is 1. The van der Waals surface area contributed by atoms with Crippen LogP contribution in [0.15, 0.2) is 59.0 Å². The van der Waals surface area contributed by atoms with Gasteiger partial charge in [0.2, 0.25) is 0 Å². The fourth-order valence-electron chi connectivity index (χ4n) is 2.37. The summed E-state index contributed by atoms with van der Waals surface area (Å²) in [5, 5.41) is 0. The number of hydrogen-bond acceptors (Lipinski definition) is 2. The molecule has 0 spiro atoms. The first-order valence-electron chi connectivity index (χ1n) is 6.25. The molecule has 0 saturated carbocycles. The van der Waals surface area contributed by atoms with Crippen molar-refractivity contribution in [2.45, 2.75) is 11.3 Å². The summed E-state index contributed by atoms with van der Waals surface area (Å²) in [5.41, 5.74) is 3.97. The van der Waals surface area contributed by atoms with Crippen LogP contribution < -0.4 is 0 Å². The molecule has 1 aliphatic carbocycles. The zero-order chi connectivity index (χ0) is 13.2. The molecule has 0 amide bonds. The maximum atomic E-state index is 12.3. The Morgan fingerprint density at radius 2 is 1.79 bits per heavy atom. The van der Waals surface area contributed by atoms with E-state index in [1.807, 2.05) is 30.3 Å². The summed E-state index contributed by atoms with van der Waals surface area (Å²) in [7, 11) is 0. The molecule has 1 nitrogen and oxygen atoms in total. The Bertz CT molecular complexity index is 653. The van der Waals surface area contributed by atoms with Crippen LogP contribution in [-0.4, -0.2) is 12.0 Å². The summed E-state index contributed by atoms with van der Waals surface area (Å²) < 4.78 is 0. The molecule has 0 radical (unpaired) electrons. The Balaban J connectivity index is 1.92. The van der Waals surface area contributed by atoms with Gasteiger partial charge in [-0.3, -0.25) is 4.79 Å². The lowest BCUT2D eigenvalue weighted by Crippen LogP contribution is -1.94. The largest absolute Gasteiger partial charge is 0.289 e. The number of rotatable bonds is 2. The number of carbonyl (C=O) groups excluding carboxylic acids is 1. The van der Waals surface area contributed by atoms with E-state index < -0.39 is 0 Å². The van der Waals surface area contributed by atoms with Crippen LogP contribution >= 0.6 is 11.8 Å². The molecule has 3 rings (SSSR count). The summed E-state index contributed by atoms with van der Waals surface area (Å²) in [6, 6.07) is 16.2. The molecule has 0 N–H and O–H groups in total. The summed E-state index contributed by atoms with van der Waals surface area (Å²) in [6.07, 6.45) is 4.82. The molecule has 0 aromatic heterocycles. The highest BCUT2D eigenvalue weighted by Crippen LogP contribution is 2.27. The van der Waals surface area contributed by atoms with Crippen molar-refractivity contribution in [3.05, 3.63) is 70.8 Å². The SMILES string of the molecule is CSc1ccc(/C=C2/Cc3ccccc3C2=O)cc1. The van der Waals surface area contributed by atoms with Crippen molar-refractivity contribution in [2.24, 2.45) is 0 Å². The lowest BCUT2D eigenvalue weighted by molar-refractivity contribution is 0.104. The van der Waals surface area contributed by atoms with Gasteiger partial charge >= 0.3 is 0 Å². The van der Waals surface area contributed by atoms with Crippen LogP contribution in [0.2, 0.25) is 0 Å². The molecule has 0 heterocycles. The number of allylic oxidation sites excluding steroid dienone is 1. The third-order valence-corrected chi connectivity index (χ3v) is 4.13. The number of hydrogen-bond donors (Lipinski definition) is 0. The van der Waals surface area contributed by atoms with Gasteiger partial charge in [-0.2, -0.15) is 0 Å². The maximum absolute atomic E-state index is 12.3. The summed E-state index contributed by atoms with van der Waals surface area (Å²) in [5.74, 6) is 0.171. The normalized spacial score (nSPS) is 15.8. The van der Waals surface area contributed by atoms with Gasteiger partial charge in [0.1, 0.15) is 0 Å². The fraction of sp³-hybridized carbons (Fsp3) is 0.118. The van der Waals surface area contributed by atoms with Crippen LogP contribution in [-0.2, 0) is 6.42 Å². The lowest BCUT2D eigenvalue weighted by atomic mass is 10.1. The van der Waals surface area contributed by atoms with Crippen molar-refractivity contribution >= 4 is 23.6 Å². The van der Waals surface area contributed by atoms with Crippen molar-refractivity contribution in [3.63, 3.8) is 0 Å². The highest BCUT2D eigenvalue weighted by molar-refractivity contribution is 7.98.